The van der Waals surface area contributed by atoms with Gasteiger partial charge in [-0.15, -0.1) is 0 Å². The molecule has 6 rings (SSSR count). The highest BCUT2D eigenvalue weighted by Crippen LogP contribution is 2.43. The maximum atomic E-state index is 14.3. The minimum atomic E-state index is -2.97. The lowest BCUT2D eigenvalue weighted by atomic mass is 9.65. The fourth-order valence-electron chi connectivity index (χ4n) is 11.0. The van der Waals surface area contributed by atoms with Crippen molar-refractivity contribution in [1.82, 2.24) is 0 Å². The van der Waals surface area contributed by atoms with E-state index < -0.39 is 17.0 Å². The summed E-state index contributed by atoms with van der Waals surface area (Å²) in [5.41, 5.74) is 14.4. The second-order valence-electron chi connectivity index (χ2n) is 21.4. The van der Waals surface area contributed by atoms with Gasteiger partial charge in [-0.3, -0.25) is 9.59 Å². The molecule has 8 nitrogen and oxygen atoms in total. The summed E-state index contributed by atoms with van der Waals surface area (Å²) in [7, 11) is 0. The van der Waals surface area contributed by atoms with Gasteiger partial charge in [-0.25, -0.2) is 0 Å². The molecule has 0 heterocycles. The van der Waals surface area contributed by atoms with Crippen LogP contribution in [0.25, 0.3) is 12.2 Å². The molecule has 2 fully saturated rings. The summed E-state index contributed by atoms with van der Waals surface area (Å²) in [4.78, 5) is 28.5. The van der Waals surface area contributed by atoms with Crippen molar-refractivity contribution in [3.8, 4) is 11.5 Å². The molecule has 2 saturated carbocycles. The summed E-state index contributed by atoms with van der Waals surface area (Å²) in [6.07, 6.45) is 31.8. The van der Waals surface area contributed by atoms with E-state index in [1.165, 1.54) is 141 Å². The van der Waals surface area contributed by atoms with Gasteiger partial charge < -0.3 is 31.2 Å². The molecule has 384 valence electrons. The molecule has 2 aliphatic rings. The Morgan fingerprint density at radius 2 is 0.901 bits per heavy atom. The van der Waals surface area contributed by atoms with Crippen LogP contribution in [-0.4, -0.2) is 40.8 Å². The third kappa shape index (κ3) is 18.1. The number of aliphatic hydroxyl groups is 2. The zero-order valence-electron chi connectivity index (χ0n) is 43.2. The van der Waals surface area contributed by atoms with Gasteiger partial charge >= 0.3 is 0 Å². The number of benzene rings is 4. The topological polar surface area (TPSA) is 145 Å². The van der Waals surface area contributed by atoms with Crippen molar-refractivity contribution in [2.75, 3.05) is 24.7 Å². The van der Waals surface area contributed by atoms with Crippen LogP contribution < -0.4 is 20.9 Å². The Morgan fingerprint density at radius 3 is 1.31 bits per heavy atom. The first-order chi connectivity index (χ1) is 34.4. The summed E-state index contributed by atoms with van der Waals surface area (Å²) >= 11 is 0. The number of ketones is 2. The number of hydrogen-bond donors (Lipinski definition) is 4. The van der Waals surface area contributed by atoms with E-state index in [0.29, 0.717) is 53.1 Å². The number of unbranched alkanes of at least 4 members (excludes halogenated alkanes) is 8. The average Bonchev–Trinajstić information content (AvgIpc) is 3.38. The maximum Gasteiger partial charge on any atom is 0.235 e. The first-order valence-corrected chi connectivity index (χ1v) is 27.5. The highest BCUT2D eigenvalue weighted by atomic mass is 16.5. The first kappa shape index (κ1) is 55.1. The second kappa shape index (κ2) is 28.8. The van der Waals surface area contributed by atoms with Crippen molar-refractivity contribution in [2.24, 2.45) is 29.1 Å². The van der Waals surface area contributed by atoms with Gasteiger partial charge in [-0.05, 0) is 145 Å². The Bertz CT molecular complexity index is 2170. The average molecular weight is 967 g/mol. The molecular formula is C63H86N2O6. The van der Waals surface area contributed by atoms with Gasteiger partial charge in [0.2, 0.25) is 11.6 Å². The van der Waals surface area contributed by atoms with Crippen LogP contribution in [0.3, 0.4) is 0 Å². The predicted octanol–water partition coefficient (Wildman–Crippen LogP) is 14.3. The zero-order chi connectivity index (χ0) is 50.3. The minimum Gasteiger partial charge on any atom is -0.493 e. The number of nitrogens with two attached hydrogens (primary N) is 2. The molecular weight excluding hydrogens is 881 g/mol. The lowest BCUT2D eigenvalue weighted by Crippen LogP contribution is -2.57. The molecule has 0 radical (unpaired) electrons. The lowest BCUT2D eigenvalue weighted by Gasteiger charge is -2.42. The van der Waals surface area contributed by atoms with E-state index in [4.69, 9.17) is 20.9 Å². The monoisotopic (exact) mass is 967 g/mol. The summed E-state index contributed by atoms with van der Waals surface area (Å²) in [5.74, 6) is 0.131. The van der Waals surface area contributed by atoms with Crippen molar-refractivity contribution < 1.29 is 29.3 Å². The molecule has 0 bridgehead atoms. The predicted molar refractivity (Wildman–Crippen MR) is 293 cm³/mol. The summed E-state index contributed by atoms with van der Waals surface area (Å²) < 4.78 is 12.5. The van der Waals surface area contributed by atoms with Gasteiger partial charge in [-0.1, -0.05) is 177 Å². The fourth-order valence-corrected chi connectivity index (χ4v) is 11.0. The molecule has 4 aromatic rings. The molecule has 6 N–H and O–H groups in total. The normalized spacial score (nSPS) is 18.8. The van der Waals surface area contributed by atoms with E-state index in [1.54, 1.807) is 60.7 Å². The van der Waals surface area contributed by atoms with Gasteiger partial charge in [0.05, 0.1) is 13.2 Å². The third-order valence-electron chi connectivity index (χ3n) is 15.6. The van der Waals surface area contributed by atoms with Crippen molar-refractivity contribution >= 4 is 35.1 Å². The molecule has 0 spiro atoms. The van der Waals surface area contributed by atoms with E-state index in [-0.39, 0.29) is 25.0 Å². The highest BCUT2D eigenvalue weighted by Gasteiger charge is 2.54. The number of hydrogen-bond acceptors (Lipinski definition) is 8. The molecule has 0 atom stereocenters. The van der Waals surface area contributed by atoms with E-state index in [1.807, 2.05) is 48.5 Å². The third-order valence-corrected chi connectivity index (χ3v) is 15.6. The van der Waals surface area contributed by atoms with Crippen molar-refractivity contribution in [1.29, 1.82) is 0 Å². The van der Waals surface area contributed by atoms with Crippen molar-refractivity contribution in [3.63, 3.8) is 0 Å². The van der Waals surface area contributed by atoms with E-state index in [9.17, 15) is 19.8 Å². The molecule has 0 aliphatic heterocycles. The standard InChI is InChI=1S/C63H86N2O6/c1-3-5-7-9-11-13-48-15-19-54(20-16-48)46-70-59-38-28-50(29-39-59)27-37-58(66)45-62(43-52-23-33-56(64)34-24-52,44-53-25-35-57(65)36-26-53)63(68,69)61(67)42-32-51-30-40-60(41-31-51)71-47-55-21-17-49(18-22-55)14-12-10-8-6-4-2/h23-42,48-49,54-55,68-69H,3-22,43-47,64-65H2,1-2H3/b37-27+,42-32+. The Balaban J connectivity index is 1.09. The molecule has 0 unspecified atom stereocenters. The summed E-state index contributed by atoms with van der Waals surface area (Å²) in [6.45, 7) is 5.93. The Morgan fingerprint density at radius 1 is 0.521 bits per heavy atom. The number of carbonyl (C=O) groups excluding carboxylic acids is 2. The van der Waals surface area contributed by atoms with Crippen molar-refractivity contribution in [2.45, 2.75) is 167 Å². The number of allylic oxidation sites excluding steroid dienone is 1. The second-order valence-corrected chi connectivity index (χ2v) is 21.4. The number of anilines is 2. The van der Waals surface area contributed by atoms with Gasteiger partial charge in [0.25, 0.3) is 0 Å². The van der Waals surface area contributed by atoms with Crippen LogP contribution in [-0.2, 0) is 22.4 Å². The smallest absolute Gasteiger partial charge is 0.235 e. The number of nitrogen functional groups attached to an aromatic ring is 2. The van der Waals surface area contributed by atoms with E-state index >= 15 is 0 Å². The van der Waals surface area contributed by atoms with Gasteiger partial charge in [-0.2, -0.15) is 0 Å². The molecule has 2 aliphatic carbocycles. The number of rotatable bonds is 30. The van der Waals surface area contributed by atoms with Crippen LogP contribution in [0.5, 0.6) is 11.5 Å². The Hall–Kier alpha value is -5.18. The molecule has 0 amide bonds. The zero-order valence-corrected chi connectivity index (χ0v) is 43.2. The maximum absolute atomic E-state index is 14.3. The summed E-state index contributed by atoms with van der Waals surface area (Å²) in [5, 5.41) is 24.6. The first-order valence-electron chi connectivity index (χ1n) is 27.5. The van der Waals surface area contributed by atoms with E-state index in [2.05, 4.69) is 13.8 Å². The number of carbonyl (C=O) groups is 2. The largest absolute Gasteiger partial charge is 0.493 e. The Kier molecular flexibility index (Phi) is 22.3. The van der Waals surface area contributed by atoms with Gasteiger partial charge in [0, 0.05) is 23.2 Å². The van der Waals surface area contributed by atoms with Crippen LogP contribution in [0.4, 0.5) is 11.4 Å². The lowest BCUT2D eigenvalue weighted by molar-refractivity contribution is -0.230. The molecule has 4 aromatic carbocycles. The van der Waals surface area contributed by atoms with Gasteiger partial charge in [0.1, 0.15) is 11.5 Å². The highest BCUT2D eigenvalue weighted by molar-refractivity contribution is 6.01. The molecule has 71 heavy (non-hydrogen) atoms. The van der Waals surface area contributed by atoms with Crippen LogP contribution >= 0.6 is 0 Å². The molecule has 0 aromatic heterocycles. The SMILES string of the molecule is CCCCCCCC1CCC(COc2ccc(/C=C/C(=O)CC(Cc3ccc(N)cc3)(Cc3ccc(N)cc3)C(O)(O)C(=O)/C=C/c3ccc(OCC4CCC(CCCCCCC)CC4)cc3)cc2)CC1. The van der Waals surface area contributed by atoms with E-state index in [0.717, 1.165) is 28.9 Å². The summed E-state index contributed by atoms with van der Waals surface area (Å²) in [6, 6.07) is 29.3. The molecule has 0 saturated heterocycles. The van der Waals surface area contributed by atoms with Crippen molar-refractivity contribution in [3.05, 3.63) is 131 Å². The van der Waals surface area contributed by atoms with Crippen LogP contribution in [0.2, 0.25) is 0 Å². The fraction of sp³-hybridized carbons (Fsp3) is 0.524. The quantitative estimate of drug-likeness (QED) is 0.0175. The van der Waals surface area contributed by atoms with Gasteiger partial charge in [0.15, 0.2) is 5.78 Å². The van der Waals surface area contributed by atoms with Crippen LogP contribution in [0, 0.1) is 29.1 Å². The van der Waals surface area contributed by atoms with Crippen LogP contribution in [0.15, 0.2) is 109 Å². The number of ether oxygens (including phenoxy) is 2. The molecule has 8 heteroatoms. The van der Waals surface area contributed by atoms with Crippen LogP contribution in [0.1, 0.15) is 171 Å². The minimum absolute atomic E-state index is 0.0106. The Labute approximate surface area is 426 Å².